The quantitative estimate of drug-likeness (QED) is 0.817. The molecule has 8 heteroatoms. The number of hydrogen-bond acceptors (Lipinski definition) is 4. The second-order valence-electron chi connectivity index (χ2n) is 3.29. The number of alkyl halides is 2. The molecule has 18 heavy (non-hydrogen) atoms. The largest absolute Gasteiger partial charge is 0.468 e. The molecule has 5 nitrogen and oxygen atoms in total. The van der Waals surface area contributed by atoms with E-state index in [2.05, 4.69) is 4.74 Å². The van der Waals surface area contributed by atoms with Gasteiger partial charge in [-0.1, -0.05) is 30.3 Å². The topological polar surface area (TPSA) is 72.5 Å². The Kier molecular flexibility index (Phi) is 4.74. The van der Waals surface area contributed by atoms with Gasteiger partial charge in [-0.25, -0.2) is 13.2 Å². The van der Waals surface area contributed by atoms with E-state index in [9.17, 15) is 22.0 Å². The molecule has 0 bridgehead atoms. The summed E-state index contributed by atoms with van der Waals surface area (Å²) in [7, 11) is -3.85. The molecule has 0 heterocycles. The highest BCUT2D eigenvalue weighted by molar-refractivity contribution is 7.89. The predicted octanol–water partition coefficient (Wildman–Crippen LogP) is 1.04. The van der Waals surface area contributed by atoms with Gasteiger partial charge in [0.15, 0.2) is 0 Å². The number of nitrogens with one attached hydrogen (secondary N) is 1. The molecule has 0 radical (unpaired) electrons. The Morgan fingerprint density at radius 3 is 2.28 bits per heavy atom. The highest BCUT2D eigenvalue weighted by atomic mass is 32.2. The van der Waals surface area contributed by atoms with Crippen molar-refractivity contribution < 1.29 is 26.7 Å². The number of methoxy groups -OCH3 is 1. The number of benzene rings is 1. The summed E-state index contributed by atoms with van der Waals surface area (Å²) in [6, 6.07) is 6.09. The molecule has 0 aliphatic heterocycles. The van der Waals surface area contributed by atoms with Gasteiger partial charge in [-0.3, -0.25) is 0 Å². The predicted molar refractivity (Wildman–Crippen MR) is 59.3 cm³/mol. The Hall–Kier alpha value is -1.54. The average molecular weight is 279 g/mol. The number of carbonyl (C=O) groups is 1. The second-order valence-corrected chi connectivity index (χ2v) is 4.97. The molecule has 0 spiro atoms. The molecule has 0 amide bonds. The molecule has 1 N–H and O–H groups in total. The number of sulfonamides is 1. The summed E-state index contributed by atoms with van der Waals surface area (Å²) in [5, 5.41) is 0. The first-order valence-electron chi connectivity index (χ1n) is 4.80. The van der Waals surface area contributed by atoms with Crippen molar-refractivity contribution in [2.24, 2.45) is 0 Å². The van der Waals surface area contributed by atoms with Crippen molar-refractivity contribution in [1.29, 1.82) is 0 Å². The van der Waals surface area contributed by atoms with E-state index in [0.29, 0.717) is 0 Å². The van der Waals surface area contributed by atoms with Crippen LogP contribution in [0.25, 0.3) is 0 Å². The van der Waals surface area contributed by atoms with Crippen LogP contribution >= 0.6 is 0 Å². The van der Waals surface area contributed by atoms with Crippen molar-refractivity contribution in [2.45, 2.75) is 11.8 Å². The molecule has 1 aromatic carbocycles. The summed E-state index contributed by atoms with van der Waals surface area (Å²) >= 11 is 0. The molecule has 0 saturated heterocycles. The van der Waals surface area contributed by atoms with E-state index in [0.717, 1.165) is 7.11 Å². The van der Waals surface area contributed by atoms with Crippen LogP contribution in [0.2, 0.25) is 0 Å². The van der Waals surface area contributed by atoms with Gasteiger partial charge in [0.1, 0.15) is 6.04 Å². The summed E-state index contributed by atoms with van der Waals surface area (Å²) < 4.78 is 52.6. The van der Waals surface area contributed by atoms with E-state index in [-0.39, 0.29) is 5.56 Å². The standard InChI is InChI=1S/C10H11F2NO4S/c1-17-9(14)8(7-5-3-2-4-6-7)13-18(15,16)10(11)12/h2-6,8,10,13H,1H3. The van der Waals surface area contributed by atoms with Gasteiger partial charge in [-0.05, 0) is 5.56 Å². The van der Waals surface area contributed by atoms with Gasteiger partial charge >= 0.3 is 11.7 Å². The van der Waals surface area contributed by atoms with Crippen LogP contribution in [0.1, 0.15) is 11.6 Å². The Labute approximate surface area is 103 Å². The minimum Gasteiger partial charge on any atom is -0.468 e. The monoisotopic (exact) mass is 279 g/mol. The lowest BCUT2D eigenvalue weighted by atomic mass is 10.1. The Morgan fingerprint density at radius 2 is 1.83 bits per heavy atom. The molecule has 0 saturated carbocycles. The maximum absolute atomic E-state index is 12.3. The highest BCUT2D eigenvalue weighted by Gasteiger charge is 2.32. The van der Waals surface area contributed by atoms with Crippen LogP contribution in [-0.2, 0) is 19.6 Å². The van der Waals surface area contributed by atoms with E-state index in [1.807, 2.05) is 0 Å². The molecule has 0 aliphatic carbocycles. The number of halogens is 2. The number of carbonyl (C=O) groups excluding carboxylic acids is 1. The molecule has 1 rings (SSSR count). The van der Waals surface area contributed by atoms with Gasteiger partial charge < -0.3 is 4.74 Å². The lowest BCUT2D eigenvalue weighted by Crippen LogP contribution is -2.37. The fourth-order valence-corrected chi connectivity index (χ4v) is 1.89. The first-order valence-corrected chi connectivity index (χ1v) is 6.35. The van der Waals surface area contributed by atoms with E-state index in [1.54, 1.807) is 22.9 Å². The third kappa shape index (κ3) is 3.47. The SMILES string of the molecule is COC(=O)C(NS(=O)(=O)C(F)F)c1ccccc1. The molecular weight excluding hydrogens is 268 g/mol. The summed E-state index contributed by atoms with van der Waals surface area (Å²) in [5.74, 6) is -4.58. The maximum Gasteiger partial charge on any atom is 0.350 e. The van der Waals surface area contributed by atoms with Gasteiger partial charge in [-0.2, -0.15) is 13.5 Å². The Balaban J connectivity index is 3.06. The first kappa shape index (κ1) is 14.5. The number of esters is 1. The zero-order chi connectivity index (χ0) is 13.8. The highest BCUT2D eigenvalue weighted by Crippen LogP contribution is 2.17. The van der Waals surface area contributed by atoms with Crippen LogP contribution in [0.15, 0.2) is 30.3 Å². The molecule has 1 atom stereocenters. The average Bonchev–Trinajstić information content (AvgIpc) is 2.36. The fraction of sp³-hybridized carbons (Fsp3) is 0.300. The van der Waals surface area contributed by atoms with Gasteiger partial charge in [-0.15, -0.1) is 0 Å². The van der Waals surface area contributed by atoms with Crippen LogP contribution in [0.4, 0.5) is 8.78 Å². The lowest BCUT2D eigenvalue weighted by Gasteiger charge is -2.16. The van der Waals surface area contributed by atoms with E-state index in [1.165, 1.54) is 12.1 Å². The Bertz CT molecular complexity index is 504. The van der Waals surface area contributed by atoms with Crippen LogP contribution in [0.5, 0.6) is 0 Å². The van der Waals surface area contributed by atoms with Gasteiger partial charge in [0.25, 0.3) is 10.0 Å². The minimum atomic E-state index is -4.88. The van der Waals surface area contributed by atoms with Crippen molar-refractivity contribution in [3.8, 4) is 0 Å². The van der Waals surface area contributed by atoms with E-state index in [4.69, 9.17) is 0 Å². The van der Waals surface area contributed by atoms with Crippen molar-refractivity contribution in [3.63, 3.8) is 0 Å². The van der Waals surface area contributed by atoms with Crippen molar-refractivity contribution in [2.75, 3.05) is 7.11 Å². The number of hydrogen-bond donors (Lipinski definition) is 1. The lowest BCUT2D eigenvalue weighted by molar-refractivity contribution is -0.142. The smallest absolute Gasteiger partial charge is 0.350 e. The molecule has 0 aromatic heterocycles. The minimum absolute atomic E-state index is 0.216. The van der Waals surface area contributed by atoms with E-state index >= 15 is 0 Å². The molecule has 1 aromatic rings. The molecule has 1 unspecified atom stereocenters. The van der Waals surface area contributed by atoms with Crippen LogP contribution in [-0.4, -0.2) is 27.3 Å². The normalized spacial score (nSPS) is 13.3. The van der Waals surface area contributed by atoms with E-state index < -0.39 is 27.8 Å². The van der Waals surface area contributed by atoms with Crippen molar-refractivity contribution in [1.82, 2.24) is 4.72 Å². The second kappa shape index (κ2) is 5.87. The van der Waals surface area contributed by atoms with Crippen molar-refractivity contribution in [3.05, 3.63) is 35.9 Å². The first-order chi connectivity index (χ1) is 8.38. The summed E-state index contributed by atoms with van der Waals surface area (Å²) in [5.41, 5.74) is 0.216. The molecule has 100 valence electrons. The van der Waals surface area contributed by atoms with Gasteiger partial charge in [0.2, 0.25) is 0 Å². The molecular formula is C10H11F2NO4S. The third-order valence-corrected chi connectivity index (χ3v) is 3.12. The zero-order valence-electron chi connectivity index (χ0n) is 9.34. The molecule has 0 fully saturated rings. The van der Waals surface area contributed by atoms with Gasteiger partial charge in [0, 0.05) is 0 Å². The number of rotatable bonds is 5. The van der Waals surface area contributed by atoms with Crippen molar-refractivity contribution >= 4 is 16.0 Å². The van der Waals surface area contributed by atoms with Gasteiger partial charge in [0.05, 0.1) is 7.11 Å². The zero-order valence-corrected chi connectivity index (χ0v) is 10.2. The van der Waals surface area contributed by atoms with Crippen LogP contribution < -0.4 is 4.72 Å². The fourth-order valence-electron chi connectivity index (χ4n) is 1.23. The maximum atomic E-state index is 12.3. The third-order valence-electron chi connectivity index (χ3n) is 2.09. The summed E-state index contributed by atoms with van der Waals surface area (Å²) in [4.78, 5) is 11.4. The summed E-state index contributed by atoms with van der Waals surface area (Å²) in [6.07, 6.45) is 0. The Morgan fingerprint density at radius 1 is 1.28 bits per heavy atom. The summed E-state index contributed by atoms with van der Waals surface area (Å²) in [6.45, 7) is 0. The number of ether oxygens (including phenoxy) is 1. The molecule has 0 aliphatic rings. The van der Waals surface area contributed by atoms with Crippen LogP contribution in [0.3, 0.4) is 0 Å². The van der Waals surface area contributed by atoms with Crippen LogP contribution in [0, 0.1) is 0 Å².